The molecule has 0 saturated heterocycles. The Hall–Kier alpha value is -1.79. The first kappa shape index (κ1) is 16.3. The average molecular weight is 290 g/mol. The molecule has 1 atom stereocenters. The topological polar surface area (TPSA) is 62.2 Å². The molecule has 1 rings (SSSR count). The van der Waals surface area contributed by atoms with Crippen LogP contribution in [0.1, 0.15) is 25.8 Å². The van der Waals surface area contributed by atoms with Gasteiger partial charge in [0, 0.05) is 12.7 Å². The fourth-order valence-electron chi connectivity index (χ4n) is 1.77. The minimum Gasteiger partial charge on any atom is -0.481 e. The van der Waals surface area contributed by atoms with E-state index in [4.69, 9.17) is 5.11 Å². The molecule has 0 amide bonds. The Morgan fingerprint density at radius 3 is 2.60 bits per heavy atom. The maximum Gasteiger partial charge on any atom is 0.416 e. The Morgan fingerprint density at radius 2 is 2.10 bits per heavy atom. The molecular weight excluding hydrogens is 273 g/mol. The van der Waals surface area contributed by atoms with Crippen LogP contribution in [0.25, 0.3) is 0 Å². The summed E-state index contributed by atoms with van der Waals surface area (Å²) in [5, 5.41) is 11.7. The Morgan fingerprint density at radius 1 is 1.45 bits per heavy atom. The number of hydrogen-bond acceptors (Lipinski definition) is 3. The van der Waals surface area contributed by atoms with Crippen LogP contribution in [-0.4, -0.2) is 22.6 Å². The van der Waals surface area contributed by atoms with Crippen molar-refractivity contribution in [1.29, 1.82) is 0 Å². The molecule has 2 N–H and O–H groups in total. The van der Waals surface area contributed by atoms with Crippen LogP contribution in [0.2, 0.25) is 0 Å². The molecule has 1 heterocycles. The molecule has 1 aromatic rings. The summed E-state index contributed by atoms with van der Waals surface area (Å²) in [4.78, 5) is 14.8. The van der Waals surface area contributed by atoms with Gasteiger partial charge in [-0.15, -0.1) is 0 Å². The van der Waals surface area contributed by atoms with Crippen LogP contribution in [0.5, 0.6) is 0 Å². The summed E-state index contributed by atoms with van der Waals surface area (Å²) in [6, 6.07) is 1.74. The van der Waals surface area contributed by atoms with Gasteiger partial charge in [0.2, 0.25) is 0 Å². The first-order valence-corrected chi connectivity index (χ1v) is 6.20. The number of aromatic nitrogens is 1. The van der Waals surface area contributed by atoms with Crippen LogP contribution in [-0.2, 0) is 11.0 Å². The summed E-state index contributed by atoms with van der Waals surface area (Å²) < 4.78 is 37.6. The summed E-state index contributed by atoms with van der Waals surface area (Å²) in [6.45, 7) is 3.82. The van der Waals surface area contributed by atoms with Gasteiger partial charge in [0.05, 0.1) is 11.5 Å². The van der Waals surface area contributed by atoms with Gasteiger partial charge in [-0.05, 0) is 24.5 Å². The fraction of sp³-hybridized carbons (Fsp3) is 0.538. The average Bonchev–Trinajstić information content (AvgIpc) is 2.33. The van der Waals surface area contributed by atoms with E-state index in [0.29, 0.717) is 6.42 Å². The maximum absolute atomic E-state index is 12.5. The fourth-order valence-corrected chi connectivity index (χ4v) is 1.77. The van der Waals surface area contributed by atoms with Gasteiger partial charge in [-0.1, -0.05) is 13.8 Å². The summed E-state index contributed by atoms with van der Waals surface area (Å²) in [6.07, 6.45) is -2.95. The number of nitrogens with one attached hydrogen (secondary N) is 1. The van der Waals surface area contributed by atoms with Crippen LogP contribution in [0, 0.1) is 11.8 Å². The molecule has 1 aromatic heterocycles. The quantitative estimate of drug-likeness (QED) is 0.844. The van der Waals surface area contributed by atoms with Gasteiger partial charge in [-0.3, -0.25) is 4.79 Å². The molecule has 0 aliphatic carbocycles. The van der Waals surface area contributed by atoms with Crippen molar-refractivity contribution in [2.45, 2.75) is 26.4 Å². The SMILES string of the molecule is CC(C)CC(CNc1cc(C(F)(F)F)ccn1)C(=O)O. The lowest BCUT2D eigenvalue weighted by Crippen LogP contribution is -2.24. The predicted molar refractivity (Wildman–Crippen MR) is 68.3 cm³/mol. The van der Waals surface area contributed by atoms with E-state index in [9.17, 15) is 18.0 Å². The number of carbonyl (C=O) groups is 1. The molecule has 0 spiro atoms. The molecule has 0 saturated carbocycles. The first-order chi connectivity index (χ1) is 9.20. The maximum atomic E-state index is 12.5. The summed E-state index contributed by atoms with van der Waals surface area (Å²) in [5.74, 6) is -1.42. The number of carboxylic acid groups (broad SMARTS) is 1. The zero-order chi connectivity index (χ0) is 15.3. The smallest absolute Gasteiger partial charge is 0.416 e. The second-order valence-corrected chi connectivity index (χ2v) is 4.97. The third-order valence-corrected chi connectivity index (χ3v) is 2.72. The summed E-state index contributed by atoms with van der Waals surface area (Å²) in [7, 11) is 0. The molecule has 7 heteroatoms. The molecule has 4 nitrogen and oxygen atoms in total. The van der Waals surface area contributed by atoms with E-state index < -0.39 is 23.6 Å². The minimum absolute atomic E-state index is 0.0230. The Labute approximate surface area is 115 Å². The van der Waals surface area contributed by atoms with Crippen molar-refractivity contribution in [3.05, 3.63) is 23.9 Å². The minimum atomic E-state index is -4.44. The highest BCUT2D eigenvalue weighted by Gasteiger charge is 2.30. The van der Waals surface area contributed by atoms with Gasteiger partial charge < -0.3 is 10.4 Å². The number of carboxylic acids is 1. The van der Waals surface area contributed by atoms with Crippen molar-refractivity contribution in [2.75, 3.05) is 11.9 Å². The van der Waals surface area contributed by atoms with Crippen LogP contribution in [0.4, 0.5) is 19.0 Å². The molecule has 112 valence electrons. The monoisotopic (exact) mass is 290 g/mol. The molecule has 20 heavy (non-hydrogen) atoms. The number of aliphatic carboxylic acids is 1. The second-order valence-electron chi connectivity index (χ2n) is 4.97. The Kier molecular flexibility index (Phi) is 5.35. The highest BCUT2D eigenvalue weighted by molar-refractivity contribution is 5.70. The third-order valence-electron chi connectivity index (χ3n) is 2.72. The standard InChI is InChI=1S/C13H17F3N2O2/c1-8(2)5-9(12(19)20)7-18-11-6-10(3-4-17-11)13(14,15)16/h3-4,6,8-9H,5,7H2,1-2H3,(H,17,18)(H,19,20). The van der Waals surface area contributed by atoms with E-state index in [1.54, 1.807) is 0 Å². The van der Waals surface area contributed by atoms with E-state index >= 15 is 0 Å². The van der Waals surface area contributed by atoms with Gasteiger partial charge in [0.15, 0.2) is 0 Å². The largest absolute Gasteiger partial charge is 0.481 e. The van der Waals surface area contributed by atoms with E-state index in [-0.39, 0.29) is 18.3 Å². The van der Waals surface area contributed by atoms with Crippen molar-refractivity contribution in [2.24, 2.45) is 11.8 Å². The van der Waals surface area contributed by atoms with E-state index in [2.05, 4.69) is 10.3 Å². The second kappa shape index (κ2) is 6.58. The Bertz CT molecular complexity index is 461. The molecule has 0 bridgehead atoms. The molecule has 0 aliphatic heterocycles. The number of hydrogen-bond donors (Lipinski definition) is 2. The van der Waals surface area contributed by atoms with Gasteiger partial charge in [0.1, 0.15) is 5.82 Å². The van der Waals surface area contributed by atoms with E-state index in [1.807, 2.05) is 13.8 Å². The van der Waals surface area contributed by atoms with Crippen LogP contribution in [0.15, 0.2) is 18.3 Å². The molecule has 0 fully saturated rings. The van der Waals surface area contributed by atoms with Gasteiger partial charge >= 0.3 is 12.1 Å². The van der Waals surface area contributed by atoms with Gasteiger partial charge in [-0.25, -0.2) is 4.98 Å². The van der Waals surface area contributed by atoms with Crippen molar-refractivity contribution in [3.8, 4) is 0 Å². The molecule has 0 aliphatic rings. The normalized spacial score (nSPS) is 13.3. The van der Waals surface area contributed by atoms with Crippen LogP contribution < -0.4 is 5.32 Å². The highest BCUT2D eigenvalue weighted by Crippen LogP contribution is 2.29. The third kappa shape index (κ3) is 5.07. The molecular formula is C13H17F3N2O2. The van der Waals surface area contributed by atoms with Crippen LogP contribution in [0.3, 0.4) is 0 Å². The summed E-state index contributed by atoms with van der Waals surface area (Å²) in [5.41, 5.74) is -0.814. The van der Waals surface area contributed by atoms with Gasteiger partial charge in [0.25, 0.3) is 0 Å². The van der Waals surface area contributed by atoms with Gasteiger partial charge in [-0.2, -0.15) is 13.2 Å². The Balaban J connectivity index is 2.71. The number of nitrogens with zero attached hydrogens (tertiary/aromatic N) is 1. The lowest BCUT2D eigenvalue weighted by Gasteiger charge is -2.16. The van der Waals surface area contributed by atoms with E-state index in [1.165, 1.54) is 0 Å². The summed E-state index contributed by atoms with van der Waals surface area (Å²) >= 11 is 0. The zero-order valence-corrected chi connectivity index (χ0v) is 11.2. The number of pyridine rings is 1. The number of anilines is 1. The molecule has 0 aromatic carbocycles. The molecule has 0 radical (unpaired) electrons. The zero-order valence-electron chi connectivity index (χ0n) is 11.2. The van der Waals surface area contributed by atoms with Crippen molar-refractivity contribution >= 4 is 11.8 Å². The molecule has 1 unspecified atom stereocenters. The van der Waals surface area contributed by atoms with Crippen molar-refractivity contribution in [3.63, 3.8) is 0 Å². The van der Waals surface area contributed by atoms with Crippen molar-refractivity contribution in [1.82, 2.24) is 4.98 Å². The lowest BCUT2D eigenvalue weighted by atomic mass is 9.97. The number of halogens is 3. The first-order valence-electron chi connectivity index (χ1n) is 6.20. The van der Waals surface area contributed by atoms with Crippen LogP contribution >= 0.6 is 0 Å². The number of rotatable bonds is 6. The lowest BCUT2D eigenvalue weighted by molar-refractivity contribution is -0.142. The highest BCUT2D eigenvalue weighted by atomic mass is 19.4. The number of alkyl halides is 3. The van der Waals surface area contributed by atoms with Crippen molar-refractivity contribution < 1.29 is 23.1 Å². The predicted octanol–water partition coefficient (Wildman–Crippen LogP) is 3.26. The van der Waals surface area contributed by atoms with E-state index in [0.717, 1.165) is 18.3 Å².